The summed E-state index contributed by atoms with van der Waals surface area (Å²) in [7, 11) is 0. The Hall–Kier alpha value is -1.97. The van der Waals surface area contributed by atoms with Crippen molar-refractivity contribution in [2.45, 2.75) is 13.5 Å². The van der Waals surface area contributed by atoms with Gasteiger partial charge in [0.05, 0.1) is 12.7 Å². The SMILES string of the molecule is CCOC(=O)/C=C1\NCCN1Cc1ccccc1. The highest BCUT2D eigenvalue weighted by atomic mass is 16.5. The second kappa shape index (κ2) is 6.10. The summed E-state index contributed by atoms with van der Waals surface area (Å²) in [6, 6.07) is 10.2. The van der Waals surface area contributed by atoms with Crippen LogP contribution in [0.2, 0.25) is 0 Å². The summed E-state index contributed by atoms with van der Waals surface area (Å²) in [5, 5.41) is 3.20. The Morgan fingerprint density at radius 2 is 2.22 bits per heavy atom. The first kappa shape index (κ1) is 12.5. The Bertz CT molecular complexity index is 429. The third kappa shape index (κ3) is 3.26. The number of nitrogens with zero attached hydrogens (tertiary/aromatic N) is 1. The van der Waals surface area contributed by atoms with Crippen LogP contribution in [0.25, 0.3) is 0 Å². The van der Waals surface area contributed by atoms with Crippen LogP contribution in [0.15, 0.2) is 42.2 Å². The number of ether oxygens (including phenoxy) is 1. The zero-order chi connectivity index (χ0) is 12.8. The lowest BCUT2D eigenvalue weighted by atomic mass is 10.2. The molecule has 1 N–H and O–H groups in total. The fraction of sp³-hybridized carbons (Fsp3) is 0.357. The molecule has 1 aromatic carbocycles. The Kier molecular flexibility index (Phi) is 4.23. The van der Waals surface area contributed by atoms with E-state index in [9.17, 15) is 4.79 Å². The molecule has 0 unspecified atom stereocenters. The van der Waals surface area contributed by atoms with Gasteiger partial charge < -0.3 is 15.0 Å². The van der Waals surface area contributed by atoms with Crippen molar-refractivity contribution < 1.29 is 9.53 Å². The average molecular weight is 246 g/mol. The molecule has 1 heterocycles. The zero-order valence-electron chi connectivity index (χ0n) is 10.6. The summed E-state index contributed by atoms with van der Waals surface area (Å²) in [5.41, 5.74) is 1.23. The van der Waals surface area contributed by atoms with Gasteiger partial charge in [0.15, 0.2) is 0 Å². The summed E-state index contributed by atoms with van der Waals surface area (Å²) in [6.07, 6.45) is 1.53. The van der Waals surface area contributed by atoms with Crippen LogP contribution in [-0.2, 0) is 16.1 Å². The van der Waals surface area contributed by atoms with E-state index in [0.717, 1.165) is 25.5 Å². The van der Waals surface area contributed by atoms with Gasteiger partial charge in [-0.3, -0.25) is 0 Å². The number of esters is 1. The van der Waals surface area contributed by atoms with E-state index in [1.54, 1.807) is 6.92 Å². The van der Waals surface area contributed by atoms with Gasteiger partial charge in [0.2, 0.25) is 0 Å². The average Bonchev–Trinajstić information content (AvgIpc) is 2.78. The highest BCUT2D eigenvalue weighted by Crippen LogP contribution is 2.12. The third-order valence-corrected chi connectivity index (χ3v) is 2.79. The maximum absolute atomic E-state index is 11.4. The van der Waals surface area contributed by atoms with Gasteiger partial charge in [0, 0.05) is 19.6 Å². The van der Waals surface area contributed by atoms with Gasteiger partial charge in [0.1, 0.15) is 5.82 Å². The highest BCUT2D eigenvalue weighted by molar-refractivity contribution is 5.82. The van der Waals surface area contributed by atoms with Crippen LogP contribution in [0.5, 0.6) is 0 Å². The molecule has 1 fully saturated rings. The summed E-state index contributed by atoms with van der Waals surface area (Å²) in [5.74, 6) is 0.553. The van der Waals surface area contributed by atoms with Crippen LogP contribution in [0.3, 0.4) is 0 Å². The Labute approximate surface area is 107 Å². The first-order valence-corrected chi connectivity index (χ1v) is 6.21. The molecule has 18 heavy (non-hydrogen) atoms. The van der Waals surface area contributed by atoms with Gasteiger partial charge in [-0.25, -0.2) is 4.79 Å². The van der Waals surface area contributed by atoms with Crippen molar-refractivity contribution in [3.63, 3.8) is 0 Å². The van der Waals surface area contributed by atoms with Crippen molar-refractivity contribution in [3.05, 3.63) is 47.8 Å². The van der Waals surface area contributed by atoms with Crippen LogP contribution in [-0.4, -0.2) is 30.6 Å². The van der Waals surface area contributed by atoms with Crippen molar-refractivity contribution >= 4 is 5.97 Å². The van der Waals surface area contributed by atoms with E-state index in [4.69, 9.17) is 4.74 Å². The maximum Gasteiger partial charge on any atom is 0.334 e. The molecule has 0 bridgehead atoms. The van der Waals surface area contributed by atoms with Gasteiger partial charge in [-0.15, -0.1) is 0 Å². The standard InChI is InChI=1S/C14H18N2O2/c1-2-18-14(17)10-13-15-8-9-16(13)11-12-6-4-3-5-7-12/h3-7,10,15H,2,8-9,11H2,1H3/b13-10+. The molecule has 96 valence electrons. The van der Waals surface area contributed by atoms with Gasteiger partial charge in [0.25, 0.3) is 0 Å². The van der Waals surface area contributed by atoms with Crippen LogP contribution in [0, 0.1) is 0 Å². The fourth-order valence-electron chi connectivity index (χ4n) is 1.96. The number of hydrogen-bond donors (Lipinski definition) is 1. The molecule has 1 aliphatic rings. The van der Waals surface area contributed by atoms with Gasteiger partial charge >= 0.3 is 5.97 Å². The summed E-state index contributed by atoms with van der Waals surface area (Å²) >= 11 is 0. The first-order valence-electron chi connectivity index (χ1n) is 6.21. The Morgan fingerprint density at radius 3 is 2.94 bits per heavy atom. The fourth-order valence-corrected chi connectivity index (χ4v) is 1.96. The van der Waals surface area contributed by atoms with Gasteiger partial charge in [-0.1, -0.05) is 30.3 Å². The molecule has 4 heteroatoms. The molecular formula is C14H18N2O2. The molecule has 1 aliphatic heterocycles. The molecule has 1 saturated heterocycles. The number of carbonyl (C=O) groups excluding carboxylic acids is 1. The predicted octanol–water partition coefficient (Wildman–Crippen LogP) is 1.50. The van der Waals surface area contributed by atoms with E-state index < -0.39 is 0 Å². The number of carbonyl (C=O) groups is 1. The van der Waals surface area contributed by atoms with E-state index in [0.29, 0.717) is 6.61 Å². The van der Waals surface area contributed by atoms with Crippen molar-refractivity contribution in [3.8, 4) is 0 Å². The second-order valence-electron chi connectivity index (χ2n) is 4.12. The maximum atomic E-state index is 11.4. The van der Waals surface area contributed by atoms with Crippen LogP contribution in [0.1, 0.15) is 12.5 Å². The van der Waals surface area contributed by atoms with Crippen molar-refractivity contribution in [2.24, 2.45) is 0 Å². The summed E-state index contributed by atoms with van der Waals surface area (Å²) in [4.78, 5) is 13.6. The molecule has 0 spiro atoms. The Balaban J connectivity index is 2.01. The van der Waals surface area contributed by atoms with Crippen molar-refractivity contribution in [2.75, 3.05) is 19.7 Å². The molecule has 0 amide bonds. The van der Waals surface area contributed by atoms with E-state index in [1.165, 1.54) is 11.6 Å². The lowest BCUT2D eigenvalue weighted by Gasteiger charge is -2.18. The summed E-state index contributed by atoms with van der Waals surface area (Å²) in [6.45, 7) is 4.78. The van der Waals surface area contributed by atoms with Gasteiger partial charge in [-0.2, -0.15) is 0 Å². The minimum Gasteiger partial charge on any atom is -0.463 e. The molecule has 0 aliphatic carbocycles. The quantitative estimate of drug-likeness (QED) is 0.645. The molecule has 1 aromatic rings. The van der Waals surface area contributed by atoms with E-state index in [1.807, 2.05) is 18.2 Å². The third-order valence-electron chi connectivity index (χ3n) is 2.79. The lowest BCUT2D eigenvalue weighted by Crippen LogP contribution is -2.21. The van der Waals surface area contributed by atoms with E-state index >= 15 is 0 Å². The monoisotopic (exact) mass is 246 g/mol. The smallest absolute Gasteiger partial charge is 0.334 e. The predicted molar refractivity (Wildman–Crippen MR) is 69.6 cm³/mol. The highest BCUT2D eigenvalue weighted by Gasteiger charge is 2.17. The van der Waals surface area contributed by atoms with Crippen LogP contribution < -0.4 is 5.32 Å². The number of rotatable bonds is 4. The zero-order valence-corrected chi connectivity index (χ0v) is 10.6. The number of hydrogen-bond acceptors (Lipinski definition) is 4. The largest absolute Gasteiger partial charge is 0.463 e. The second-order valence-corrected chi connectivity index (χ2v) is 4.12. The van der Waals surface area contributed by atoms with Crippen molar-refractivity contribution in [1.29, 1.82) is 0 Å². The van der Waals surface area contributed by atoms with Crippen LogP contribution >= 0.6 is 0 Å². The van der Waals surface area contributed by atoms with Gasteiger partial charge in [-0.05, 0) is 12.5 Å². The number of benzene rings is 1. The molecule has 0 saturated carbocycles. The topological polar surface area (TPSA) is 41.6 Å². The first-order chi connectivity index (χ1) is 8.79. The normalized spacial score (nSPS) is 16.7. The van der Waals surface area contributed by atoms with Crippen LogP contribution in [0.4, 0.5) is 0 Å². The molecule has 4 nitrogen and oxygen atoms in total. The summed E-state index contributed by atoms with van der Waals surface area (Å²) < 4.78 is 4.92. The molecule has 0 atom stereocenters. The van der Waals surface area contributed by atoms with E-state index in [2.05, 4.69) is 22.3 Å². The molecule has 0 aromatic heterocycles. The van der Waals surface area contributed by atoms with E-state index in [-0.39, 0.29) is 5.97 Å². The molecular weight excluding hydrogens is 228 g/mol. The molecule has 0 radical (unpaired) electrons. The minimum atomic E-state index is -0.292. The Morgan fingerprint density at radius 1 is 1.44 bits per heavy atom. The number of nitrogens with one attached hydrogen (secondary N) is 1. The minimum absolute atomic E-state index is 0.292. The lowest BCUT2D eigenvalue weighted by molar-refractivity contribution is -0.137. The molecule has 2 rings (SSSR count). The van der Waals surface area contributed by atoms with Crippen molar-refractivity contribution in [1.82, 2.24) is 10.2 Å².